The van der Waals surface area contributed by atoms with E-state index in [-0.39, 0.29) is 18.0 Å². The van der Waals surface area contributed by atoms with Crippen LogP contribution in [-0.4, -0.2) is 35.6 Å². The molecule has 38 heavy (non-hydrogen) atoms. The standard InChI is InChI=1S/C30H25N3O5/c1-17(29(34)32-16-18-8-9-19(36-2)15-26(18)37-3)38-20-10-11-25-24(14-20)22-12-13-31-27-21-6-4-5-7-23(21)30(35)33(25)28(22)27/h4-15,17H,16H2,1-3H3,(H,32,34). The SMILES string of the molecule is COc1ccc(CNC(=O)C(C)Oc2ccc3c(c2)c2ccnc4c5ccccc5c(=O)n3c24)c(OC)c1. The fourth-order valence-corrected chi connectivity index (χ4v) is 5.00. The summed E-state index contributed by atoms with van der Waals surface area (Å²) in [6.07, 6.45) is 1.01. The van der Waals surface area contributed by atoms with Crippen molar-refractivity contribution in [2.24, 2.45) is 0 Å². The van der Waals surface area contributed by atoms with E-state index in [1.807, 2.05) is 54.6 Å². The number of carbonyl (C=O) groups is 1. The van der Waals surface area contributed by atoms with Crippen molar-refractivity contribution in [3.63, 3.8) is 0 Å². The zero-order chi connectivity index (χ0) is 26.4. The monoisotopic (exact) mass is 507 g/mol. The van der Waals surface area contributed by atoms with Crippen molar-refractivity contribution in [1.29, 1.82) is 0 Å². The van der Waals surface area contributed by atoms with Gasteiger partial charge >= 0.3 is 0 Å². The van der Waals surface area contributed by atoms with Crippen molar-refractivity contribution in [3.8, 4) is 17.2 Å². The molecule has 190 valence electrons. The Bertz CT molecular complexity index is 1900. The van der Waals surface area contributed by atoms with E-state index in [9.17, 15) is 9.59 Å². The number of nitrogens with zero attached hydrogens (tertiary/aromatic N) is 2. The Labute approximate surface area is 217 Å². The topological polar surface area (TPSA) is 91.2 Å². The van der Waals surface area contributed by atoms with Gasteiger partial charge in [-0.15, -0.1) is 0 Å². The van der Waals surface area contributed by atoms with Crippen LogP contribution >= 0.6 is 0 Å². The van der Waals surface area contributed by atoms with Crippen molar-refractivity contribution in [3.05, 3.63) is 88.8 Å². The number of pyridine rings is 2. The van der Waals surface area contributed by atoms with Gasteiger partial charge in [-0.05, 0) is 49.4 Å². The van der Waals surface area contributed by atoms with E-state index in [1.165, 1.54) is 0 Å². The lowest BCUT2D eigenvalue weighted by molar-refractivity contribution is -0.127. The van der Waals surface area contributed by atoms with Crippen molar-refractivity contribution in [1.82, 2.24) is 14.7 Å². The fraction of sp³-hybridized carbons (Fsp3) is 0.167. The highest BCUT2D eigenvalue weighted by Gasteiger charge is 2.20. The summed E-state index contributed by atoms with van der Waals surface area (Å²) in [5.74, 6) is 1.57. The number of ether oxygens (including phenoxy) is 3. The summed E-state index contributed by atoms with van der Waals surface area (Å²) in [4.78, 5) is 30.9. The second kappa shape index (κ2) is 9.23. The molecule has 1 unspecified atom stereocenters. The minimum Gasteiger partial charge on any atom is -0.497 e. The number of rotatable bonds is 7. The molecule has 6 rings (SSSR count). The van der Waals surface area contributed by atoms with Gasteiger partial charge in [0.05, 0.1) is 30.8 Å². The molecule has 1 atom stereocenters. The Hall–Kier alpha value is -4.85. The Balaban J connectivity index is 1.30. The predicted molar refractivity (Wildman–Crippen MR) is 147 cm³/mol. The second-order valence-corrected chi connectivity index (χ2v) is 9.08. The lowest BCUT2D eigenvalue weighted by Crippen LogP contribution is -2.36. The van der Waals surface area contributed by atoms with E-state index in [4.69, 9.17) is 14.2 Å². The van der Waals surface area contributed by atoms with Crippen LogP contribution in [0.15, 0.2) is 77.7 Å². The summed E-state index contributed by atoms with van der Waals surface area (Å²) in [5, 5.41) is 6.11. The maximum absolute atomic E-state index is 13.4. The molecule has 6 aromatic rings. The predicted octanol–water partition coefficient (Wildman–Crippen LogP) is 4.69. The average Bonchev–Trinajstić information content (AvgIpc) is 3.29. The number of amides is 1. The normalized spacial score (nSPS) is 12.3. The van der Waals surface area contributed by atoms with E-state index in [2.05, 4.69) is 10.3 Å². The average molecular weight is 508 g/mol. The molecule has 3 aromatic heterocycles. The molecular weight excluding hydrogens is 482 g/mol. The van der Waals surface area contributed by atoms with Gasteiger partial charge < -0.3 is 19.5 Å². The number of methoxy groups -OCH3 is 2. The van der Waals surface area contributed by atoms with Crippen LogP contribution in [0.4, 0.5) is 0 Å². The molecule has 0 bridgehead atoms. The highest BCUT2D eigenvalue weighted by atomic mass is 16.5. The first-order valence-corrected chi connectivity index (χ1v) is 12.2. The summed E-state index contributed by atoms with van der Waals surface area (Å²) in [6, 6.07) is 20.4. The molecule has 0 aliphatic rings. The third kappa shape index (κ3) is 3.73. The van der Waals surface area contributed by atoms with Crippen LogP contribution in [0, 0.1) is 0 Å². The highest BCUT2D eigenvalue weighted by molar-refractivity contribution is 6.18. The van der Waals surface area contributed by atoms with Crippen LogP contribution < -0.4 is 25.1 Å². The molecule has 0 saturated carbocycles. The largest absolute Gasteiger partial charge is 0.497 e. The van der Waals surface area contributed by atoms with E-state index in [1.54, 1.807) is 43.9 Å². The highest BCUT2D eigenvalue weighted by Crippen LogP contribution is 2.34. The van der Waals surface area contributed by atoms with Gasteiger partial charge in [0.2, 0.25) is 0 Å². The first kappa shape index (κ1) is 23.5. The Morgan fingerprint density at radius 2 is 1.71 bits per heavy atom. The third-order valence-corrected chi connectivity index (χ3v) is 6.89. The Kier molecular flexibility index (Phi) is 5.72. The first-order chi connectivity index (χ1) is 18.5. The van der Waals surface area contributed by atoms with E-state index >= 15 is 0 Å². The minimum atomic E-state index is -0.746. The summed E-state index contributed by atoms with van der Waals surface area (Å²) >= 11 is 0. The number of carbonyl (C=O) groups excluding carboxylic acids is 1. The molecule has 0 aliphatic carbocycles. The molecule has 8 heteroatoms. The summed E-state index contributed by atoms with van der Waals surface area (Å²) in [5.41, 5.74) is 3.06. The molecule has 0 fully saturated rings. The van der Waals surface area contributed by atoms with Crippen LogP contribution in [-0.2, 0) is 11.3 Å². The Morgan fingerprint density at radius 3 is 2.50 bits per heavy atom. The van der Waals surface area contributed by atoms with Crippen molar-refractivity contribution >= 4 is 44.0 Å². The molecule has 1 amide bonds. The summed E-state index contributed by atoms with van der Waals surface area (Å²) < 4.78 is 18.4. The first-order valence-electron chi connectivity index (χ1n) is 12.2. The zero-order valence-corrected chi connectivity index (χ0v) is 21.1. The van der Waals surface area contributed by atoms with Gasteiger partial charge in [-0.25, -0.2) is 0 Å². The molecule has 8 nitrogen and oxygen atoms in total. The van der Waals surface area contributed by atoms with Gasteiger partial charge in [0.25, 0.3) is 11.5 Å². The number of benzene rings is 3. The number of nitrogens with one attached hydrogen (secondary N) is 1. The minimum absolute atomic E-state index is 0.0866. The Morgan fingerprint density at radius 1 is 0.921 bits per heavy atom. The lowest BCUT2D eigenvalue weighted by atomic mass is 10.1. The van der Waals surface area contributed by atoms with E-state index in [0.717, 1.165) is 38.3 Å². The molecular formula is C30H25N3O5. The van der Waals surface area contributed by atoms with Crippen molar-refractivity contribution in [2.75, 3.05) is 14.2 Å². The molecule has 0 aliphatic heterocycles. The number of fused-ring (bicyclic) bond motifs is 5. The molecule has 3 aromatic carbocycles. The summed E-state index contributed by atoms with van der Waals surface area (Å²) in [7, 11) is 3.16. The third-order valence-electron chi connectivity index (χ3n) is 6.89. The van der Waals surface area contributed by atoms with Crippen LogP contribution in [0.3, 0.4) is 0 Å². The quantitative estimate of drug-likeness (QED) is 0.315. The molecule has 0 saturated heterocycles. The van der Waals surface area contributed by atoms with Crippen LogP contribution in [0.25, 0.3) is 38.1 Å². The van der Waals surface area contributed by atoms with Gasteiger partial charge in [0, 0.05) is 45.9 Å². The molecule has 0 radical (unpaired) electrons. The van der Waals surface area contributed by atoms with Gasteiger partial charge in [-0.1, -0.05) is 18.2 Å². The lowest BCUT2D eigenvalue weighted by Gasteiger charge is -2.16. The van der Waals surface area contributed by atoms with Crippen LogP contribution in [0.5, 0.6) is 17.2 Å². The fourth-order valence-electron chi connectivity index (χ4n) is 5.00. The second-order valence-electron chi connectivity index (χ2n) is 9.08. The van der Waals surface area contributed by atoms with Crippen molar-refractivity contribution < 1.29 is 19.0 Å². The van der Waals surface area contributed by atoms with E-state index < -0.39 is 6.10 Å². The number of hydrogen-bond donors (Lipinski definition) is 1. The van der Waals surface area contributed by atoms with Crippen molar-refractivity contribution in [2.45, 2.75) is 19.6 Å². The van der Waals surface area contributed by atoms with Gasteiger partial charge in [0.1, 0.15) is 17.2 Å². The molecule has 0 spiro atoms. The zero-order valence-electron chi connectivity index (χ0n) is 21.1. The van der Waals surface area contributed by atoms with Gasteiger partial charge in [-0.2, -0.15) is 0 Å². The van der Waals surface area contributed by atoms with Gasteiger partial charge in [-0.3, -0.25) is 19.0 Å². The smallest absolute Gasteiger partial charge is 0.263 e. The molecule has 3 heterocycles. The van der Waals surface area contributed by atoms with Crippen LogP contribution in [0.2, 0.25) is 0 Å². The van der Waals surface area contributed by atoms with E-state index in [0.29, 0.717) is 22.6 Å². The number of hydrogen-bond acceptors (Lipinski definition) is 6. The maximum Gasteiger partial charge on any atom is 0.263 e. The summed E-state index contributed by atoms with van der Waals surface area (Å²) in [6.45, 7) is 1.98. The van der Waals surface area contributed by atoms with Crippen LogP contribution in [0.1, 0.15) is 12.5 Å². The number of aromatic nitrogens is 2. The molecule has 1 N–H and O–H groups in total. The maximum atomic E-state index is 13.4. The van der Waals surface area contributed by atoms with Gasteiger partial charge in [0.15, 0.2) is 6.10 Å².